The quantitative estimate of drug-likeness (QED) is 0.487. The van der Waals surface area contributed by atoms with E-state index in [1.54, 1.807) is 0 Å². The Morgan fingerprint density at radius 3 is 1.69 bits per heavy atom. The van der Waals surface area contributed by atoms with Crippen molar-refractivity contribution in [3.63, 3.8) is 0 Å². The smallest absolute Gasteiger partial charge is 0.248 e. The molecule has 0 atom stereocenters. The van der Waals surface area contributed by atoms with Gasteiger partial charge in [0.25, 0.3) is 0 Å². The highest BCUT2D eigenvalue weighted by atomic mass is 14.9. The van der Waals surface area contributed by atoms with Crippen molar-refractivity contribution < 1.29 is 1.43 Å². The summed E-state index contributed by atoms with van der Waals surface area (Å²) in [5.41, 5.74) is 4.67. The largest absolute Gasteiger partial charge is 1.00 e. The highest BCUT2D eigenvalue weighted by Crippen LogP contribution is 2.41. The van der Waals surface area contributed by atoms with E-state index in [4.69, 9.17) is 0 Å². The normalized spacial score (nSPS) is 11.7. The van der Waals surface area contributed by atoms with Crippen LogP contribution in [-0.2, 0) is 0 Å². The first-order valence-corrected chi connectivity index (χ1v) is 4.35. The first kappa shape index (κ1) is 6.72. The van der Waals surface area contributed by atoms with Gasteiger partial charge in [-0.15, -0.1) is 0 Å². The molecule has 0 saturated heterocycles. The van der Waals surface area contributed by atoms with Crippen LogP contribution in [-0.4, -0.2) is 0 Å². The fraction of sp³-hybridized carbons (Fsp3) is 0. The van der Waals surface area contributed by atoms with Crippen LogP contribution in [0.1, 0.15) is 1.43 Å². The Morgan fingerprint density at radius 2 is 1.15 bits per heavy atom. The molecular weight excluding hydrogens is 158 g/mol. The van der Waals surface area contributed by atoms with E-state index in [1.807, 2.05) is 12.1 Å². The Bertz CT molecular complexity index is 422. The van der Waals surface area contributed by atoms with E-state index in [9.17, 15) is 0 Å². The summed E-state index contributed by atoms with van der Waals surface area (Å²) >= 11 is 0. The first-order chi connectivity index (χ1) is 6.45. The molecule has 1 aliphatic heterocycles. The van der Waals surface area contributed by atoms with E-state index in [0.717, 1.165) is 11.4 Å². The number of hydrogen-bond donors (Lipinski definition) is 0. The first-order valence-electron chi connectivity index (χ1n) is 4.35. The average Bonchev–Trinajstić information content (AvgIpc) is 2.56. The molecule has 3 rings (SSSR count). The number of benzene rings is 2. The van der Waals surface area contributed by atoms with Crippen LogP contribution in [0.4, 0.5) is 11.4 Å². The van der Waals surface area contributed by atoms with Crippen LogP contribution in [0.25, 0.3) is 11.1 Å². The predicted molar refractivity (Wildman–Crippen MR) is 54.4 cm³/mol. The van der Waals surface area contributed by atoms with E-state index >= 15 is 0 Å². The van der Waals surface area contributed by atoms with Gasteiger partial charge in [0.05, 0.1) is 11.4 Å². The van der Waals surface area contributed by atoms with Gasteiger partial charge in [0.15, 0.2) is 0 Å². The SMILES string of the molecule is [H+].c1ccc2c(c1)[N]c1ccccc1-2. The van der Waals surface area contributed by atoms with E-state index in [1.165, 1.54) is 11.1 Å². The van der Waals surface area contributed by atoms with Gasteiger partial charge < -0.3 is 0 Å². The Kier molecular flexibility index (Phi) is 1.22. The fourth-order valence-corrected chi connectivity index (χ4v) is 1.73. The van der Waals surface area contributed by atoms with Crippen molar-refractivity contribution in [3.05, 3.63) is 48.5 Å². The summed E-state index contributed by atoms with van der Waals surface area (Å²) < 4.78 is 0. The summed E-state index contributed by atoms with van der Waals surface area (Å²) in [4.78, 5) is 0. The summed E-state index contributed by atoms with van der Waals surface area (Å²) in [6, 6.07) is 16.5. The van der Waals surface area contributed by atoms with Gasteiger partial charge >= 0.3 is 1.43 Å². The van der Waals surface area contributed by atoms with Gasteiger partial charge in [-0.2, -0.15) is 0 Å². The minimum absolute atomic E-state index is 0. The number of fused-ring (bicyclic) bond motifs is 3. The molecule has 61 valence electrons. The molecule has 1 radical (unpaired) electrons. The molecule has 2 aromatic carbocycles. The molecule has 1 nitrogen and oxygen atoms in total. The van der Waals surface area contributed by atoms with Crippen LogP contribution in [0.3, 0.4) is 0 Å². The maximum Gasteiger partial charge on any atom is 1.00 e. The van der Waals surface area contributed by atoms with Crippen LogP contribution < -0.4 is 5.32 Å². The van der Waals surface area contributed by atoms with Gasteiger partial charge in [-0.3, -0.25) is 0 Å². The van der Waals surface area contributed by atoms with Gasteiger partial charge in [-0.1, -0.05) is 36.4 Å². The van der Waals surface area contributed by atoms with Crippen LogP contribution in [0.15, 0.2) is 48.5 Å². The average molecular weight is 167 g/mol. The summed E-state index contributed by atoms with van der Waals surface area (Å²) in [6.07, 6.45) is 0. The molecule has 0 aliphatic carbocycles. The van der Waals surface area contributed by atoms with Gasteiger partial charge in [-0.25, -0.2) is 5.32 Å². The summed E-state index contributed by atoms with van der Waals surface area (Å²) in [5.74, 6) is 0. The molecule has 0 aromatic heterocycles. The van der Waals surface area contributed by atoms with Crippen LogP contribution >= 0.6 is 0 Å². The highest BCUT2D eigenvalue weighted by molar-refractivity contribution is 5.90. The minimum Gasteiger partial charge on any atom is -0.248 e. The van der Waals surface area contributed by atoms with Crippen molar-refractivity contribution in [2.24, 2.45) is 0 Å². The molecule has 0 spiro atoms. The second kappa shape index (κ2) is 2.36. The van der Waals surface area contributed by atoms with Crippen molar-refractivity contribution in [1.82, 2.24) is 5.32 Å². The lowest BCUT2D eigenvalue weighted by Gasteiger charge is -1.95. The van der Waals surface area contributed by atoms with Gasteiger partial charge in [0.1, 0.15) is 0 Å². The number of para-hydroxylation sites is 2. The molecule has 0 amide bonds. The zero-order valence-electron chi connectivity index (χ0n) is 8.07. The molecule has 0 N–H and O–H groups in total. The third-order valence-corrected chi connectivity index (χ3v) is 2.34. The third kappa shape index (κ3) is 0.872. The fourth-order valence-electron chi connectivity index (χ4n) is 1.73. The van der Waals surface area contributed by atoms with E-state index in [2.05, 4.69) is 41.7 Å². The predicted octanol–water partition coefficient (Wildman–Crippen LogP) is 3.35. The second-order valence-electron chi connectivity index (χ2n) is 3.15. The number of hydrogen-bond acceptors (Lipinski definition) is 0. The topological polar surface area (TPSA) is 14.1 Å². The zero-order chi connectivity index (χ0) is 8.67. The molecule has 0 fully saturated rings. The highest BCUT2D eigenvalue weighted by Gasteiger charge is 2.17. The second-order valence-corrected chi connectivity index (χ2v) is 3.15. The molecule has 1 aliphatic rings. The molecule has 0 saturated carbocycles. The minimum atomic E-state index is 0. The van der Waals surface area contributed by atoms with Crippen LogP contribution in [0.5, 0.6) is 0 Å². The van der Waals surface area contributed by atoms with E-state index in [0.29, 0.717) is 0 Å². The molecule has 13 heavy (non-hydrogen) atoms. The van der Waals surface area contributed by atoms with Gasteiger partial charge in [-0.05, 0) is 12.1 Å². The number of nitrogens with zero attached hydrogens (tertiary/aromatic N) is 1. The molecular formula is C12H9N+. The van der Waals surface area contributed by atoms with Crippen molar-refractivity contribution in [3.8, 4) is 11.1 Å². The molecule has 1 heteroatoms. The Hall–Kier alpha value is -1.76. The van der Waals surface area contributed by atoms with E-state index in [-0.39, 0.29) is 1.43 Å². The van der Waals surface area contributed by atoms with E-state index < -0.39 is 0 Å². The maximum atomic E-state index is 4.52. The Morgan fingerprint density at radius 1 is 0.692 bits per heavy atom. The van der Waals surface area contributed by atoms with Crippen LogP contribution in [0.2, 0.25) is 0 Å². The lowest BCUT2D eigenvalue weighted by molar-refractivity contribution is 1.24. The lowest BCUT2D eigenvalue weighted by Crippen LogP contribution is -1.79. The molecule has 0 bridgehead atoms. The van der Waals surface area contributed by atoms with Crippen molar-refractivity contribution in [2.75, 3.05) is 0 Å². The molecule has 2 aromatic rings. The van der Waals surface area contributed by atoms with Crippen LogP contribution in [0, 0.1) is 0 Å². The maximum absolute atomic E-state index is 4.52. The van der Waals surface area contributed by atoms with Gasteiger partial charge in [0, 0.05) is 11.1 Å². The van der Waals surface area contributed by atoms with Gasteiger partial charge in [0.2, 0.25) is 0 Å². The van der Waals surface area contributed by atoms with Crippen molar-refractivity contribution in [2.45, 2.75) is 0 Å². The summed E-state index contributed by atoms with van der Waals surface area (Å²) in [7, 11) is 0. The third-order valence-electron chi connectivity index (χ3n) is 2.34. The van der Waals surface area contributed by atoms with Crippen molar-refractivity contribution >= 4 is 11.4 Å². The lowest BCUT2D eigenvalue weighted by atomic mass is 10.1. The van der Waals surface area contributed by atoms with Crippen molar-refractivity contribution in [1.29, 1.82) is 0 Å². The zero-order valence-corrected chi connectivity index (χ0v) is 7.07. The Balaban J connectivity index is 0.000000750. The Labute approximate surface area is 78.5 Å². The molecule has 1 heterocycles. The summed E-state index contributed by atoms with van der Waals surface area (Å²) in [6.45, 7) is 0. The monoisotopic (exact) mass is 167 g/mol. The number of rotatable bonds is 0. The standard InChI is InChI=1S/C12H8N/c1-3-7-11-9(5-1)10-6-2-4-8-12(10)13-11/h1-8H/p+1. The summed E-state index contributed by atoms with van der Waals surface area (Å²) in [5, 5.41) is 4.52. The molecule has 0 unspecified atom stereocenters.